The Kier molecular flexibility index (Phi) is 3.97. The average molecular weight is 388 g/mol. The third-order valence-electron chi connectivity index (χ3n) is 5.38. The largest absolute Gasteiger partial charge is 0.465 e. The zero-order valence-electron chi connectivity index (χ0n) is 15.9. The molecule has 0 spiro atoms. The Balaban J connectivity index is 1.46. The number of amides is 1. The molecule has 3 aromatic heterocycles. The fourth-order valence-electron chi connectivity index (χ4n) is 3.79. The molecule has 1 amide bonds. The van der Waals surface area contributed by atoms with Gasteiger partial charge in [0.2, 0.25) is 0 Å². The lowest BCUT2D eigenvalue weighted by atomic mass is 10.1. The number of rotatable bonds is 3. The minimum Gasteiger partial charge on any atom is -0.465 e. The van der Waals surface area contributed by atoms with Gasteiger partial charge in [-0.2, -0.15) is 5.10 Å². The van der Waals surface area contributed by atoms with Crippen molar-refractivity contribution in [2.45, 2.75) is 6.42 Å². The van der Waals surface area contributed by atoms with Gasteiger partial charge in [-0.15, -0.1) is 0 Å². The van der Waals surface area contributed by atoms with Crippen molar-refractivity contribution >= 4 is 45.0 Å². The van der Waals surface area contributed by atoms with E-state index in [2.05, 4.69) is 32.5 Å². The molecule has 0 saturated heterocycles. The normalized spacial score (nSPS) is 14.4. The van der Waals surface area contributed by atoms with Gasteiger partial charge in [-0.3, -0.25) is 4.68 Å². The van der Waals surface area contributed by atoms with Gasteiger partial charge in [0, 0.05) is 48.5 Å². The van der Waals surface area contributed by atoms with Crippen LogP contribution in [-0.2, 0) is 7.05 Å². The second-order valence-corrected chi connectivity index (χ2v) is 7.18. The summed E-state index contributed by atoms with van der Waals surface area (Å²) >= 11 is 0. The first kappa shape index (κ1) is 17.3. The van der Waals surface area contributed by atoms with Gasteiger partial charge in [-0.25, -0.2) is 9.78 Å². The summed E-state index contributed by atoms with van der Waals surface area (Å²) in [7, 11) is 1.93. The monoisotopic (exact) mass is 388 g/mol. The molecule has 0 saturated carbocycles. The summed E-state index contributed by atoms with van der Waals surface area (Å²) in [6.07, 6.45) is 5.39. The molecular formula is C21H20N6O2. The van der Waals surface area contributed by atoms with E-state index < -0.39 is 6.09 Å². The number of aromatic amines is 1. The molecule has 0 fully saturated rings. The van der Waals surface area contributed by atoms with Crippen LogP contribution in [0, 0.1) is 0 Å². The lowest BCUT2D eigenvalue weighted by molar-refractivity contribution is 0.150. The number of hydrogen-bond acceptors (Lipinski definition) is 4. The van der Waals surface area contributed by atoms with Gasteiger partial charge in [0.15, 0.2) is 0 Å². The van der Waals surface area contributed by atoms with Crippen molar-refractivity contribution in [3.05, 3.63) is 54.5 Å². The SMILES string of the molecule is Cn1ncc2cc(Nc3ccnc4[nH]c(C5=CCN(C(=O)O)CC5)cc34)ccc21. The van der Waals surface area contributed by atoms with Crippen molar-refractivity contribution in [1.29, 1.82) is 0 Å². The molecule has 8 heteroatoms. The van der Waals surface area contributed by atoms with E-state index in [1.54, 1.807) is 6.20 Å². The highest BCUT2D eigenvalue weighted by molar-refractivity contribution is 5.95. The van der Waals surface area contributed by atoms with E-state index >= 15 is 0 Å². The summed E-state index contributed by atoms with van der Waals surface area (Å²) in [6, 6.07) is 10.2. The van der Waals surface area contributed by atoms with Crippen LogP contribution in [0.3, 0.4) is 0 Å². The number of aryl methyl sites for hydroxylation is 1. The summed E-state index contributed by atoms with van der Waals surface area (Å²) in [6.45, 7) is 0.907. The molecule has 1 aromatic carbocycles. The van der Waals surface area contributed by atoms with E-state index in [9.17, 15) is 4.79 Å². The van der Waals surface area contributed by atoms with Crippen LogP contribution in [-0.4, -0.2) is 48.9 Å². The minimum absolute atomic E-state index is 0.406. The number of H-pyrrole nitrogens is 1. The van der Waals surface area contributed by atoms with E-state index in [1.165, 1.54) is 4.90 Å². The Labute approximate surface area is 166 Å². The quantitative estimate of drug-likeness (QED) is 0.493. The highest BCUT2D eigenvalue weighted by atomic mass is 16.4. The van der Waals surface area contributed by atoms with Crippen molar-refractivity contribution in [3.63, 3.8) is 0 Å². The fourth-order valence-corrected chi connectivity index (χ4v) is 3.79. The third-order valence-corrected chi connectivity index (χ3v) is 5.38. The van der Waals surface area contributed by atoms with Crippen molar-refractivity contribution < 1.29 is 9.90 Å². The van der Waals surface area contributed by atoms with Gasteiger partial charge in [0.25, 0.3) is 0 Å². The molecule has 1 aliphatic rings. The number of carbonyl (C=O) groups is 1. The van der Waals surface area contributed by atoms with Crippen LogP contribution in [0.2, 0.25) is 0 Å². The van der Waals surface area contributed by atoms with Crippen molar-refractivity contribution in [3.8, 4) is 0 Å². The smallest absolute Gasteiger partial charge is 0.407 e. The number of pyridine rings is 1. The maximum Gasteiger partial charge on any atom is 0.407 e. The number of aromatic nitrogens is 4. The zero-order chi connectivity index (χ0) is 20.0. The predicted octanol–water partition coefficient (Wildman–Crippen LogP) is 3.96. The Morgan fingerprint density at radius 3 is 2.97 bits per heavy atom. The van der Waals surface area contributed by atoms with Crippen LogP contribution < -0.4 is 5.32 Å². The average Bonchev–Trinajstić information content (AvgIpc) is 3.32. The molecule has 3 N–H and O–H groups in total. The number of nitrogens with zero attached hydrogens (tertiary/aromatic N) is 4. The molecule has 8 nitrogen and oxygen atoms in total. The number of anilines is 2. The first-order valence-corrected chi connectivity index (χ1v) is 9.42. The van der Waals surface area contributed by atoms with E-state index in [1.807, 2.05) is 42.2 Å². The Hall–Kier alpha value is -3.81. The molecule has 1 aliphatic heterocycles. The standard InChI is InChI=1S/C21H20N6O2/c1-26-19-3-2-15(10-14(19)12-23-26)24-17-4-7-22-20-16(17)11-18(25-20)13-5-8-27(9-6-13)21(28)29/h2-5,7,10-12H,6,8-9H2,1H3,(H,28,29)(H2,22,24,25). The third kappa shape index (κ3) is 3.08. The highest BCUT2D eigenvalue weighted by Gasteiger charge is 2.18. The fraction of sp³-hybridized carbons (Fsp3) is 0.190. The minimum atomic E-state index is -0.879. The van der Waals surface area contributed by atoms with Crippen LogP contribution in [0.15, 0.2) is 48.8 Å². The van der Waals surface area contributed by atoms with Crippen LogP contribution in [0.4, 0.5) is 16.2 Å². The molecule has 4 aromatic rings. The second kappa shape index (κ2) is 6.66. The highest BCUT2D eigenvalue weighted by Crippen LogP contribution is 2.31. The van der Waals surface area contributed by atoms with Gasteiger partial charge >= 0.3 is 6.09 Å². The Morgan fingerprint density at radius 1 is 1.28 bits per heavy atom. The number of fused-ring (bicyclic) bond motifs is 2. The molecule has 5 rings (SSSR count). The first-order valence-electron chi connectivity index (χ1n) is 9.42. The van der Waals surface area contributed by atoms with Gasteiger partial charge < -0.3 is 20.3 Å². The number of benzene rings is 1. The number of nitrogens with one attached hydrogen (secondary N) is 2. The van der Waals surface area contributed by atoms with Crippen LogP contribution >= 0.6 is 0 Å². The van der Waals surface area contributed by atoms with E-state index in [0.29, 0.717) is 19.5 Å². The van der Waals surface area contributed by atoms with Gasteiger partial charge in [-0.1, -0.05) is 6.08 Å². The molecule has 4 heterocycles. The van der Waals surface area contributed by atoms with Gasteiger partial charge in [0.05, 0.1) is 17.4 Å². The topological polar surface area (TPSA) is 99.1 Å². The van der Waals surface area contributed by atoms with Gasteiger partial charge in [-0.05, 0) is 42.3 Å². The molecule has 29 heavy (non-hydrogen) atoms. The Morgan fingerprint density at radius 2 is 2.17 bits per heavy atom. The molecule has 0 aliphatic carbocycles. The van der Waals surface area contributed by atoms with E-state index in [-0.39, 0.29) is 0 Å². The summed E-state index contributed by atoms with van der Waals surface area (Å²) in [5.41, 5.74) is 5.92. The van der Waals surface area contributed by atoms with Crippen LogP contribution in [0.1, 0.15) is 12.1 Å². The number of hydrogen-bond donors (Lipinski definition) is 3. The zero-order valence-corrected chi connectivity index (χ0v) is 15.9. The summed E-state index contributed by atoms with van der Waals surface area (Å²) in [5.74, 6) is 0. The molecule has 0 unspecified atom stereocenters. The van der Waals surface area contributed by atoms with Crippen LogP contribution in [0.5, 0.6) is 0 Å². The number of carboxylic acid groups (broad SMARTS) is 1. The Bertz CT molecular complexity index is 1270. The molecular weight excluding hydrogens is 368 g/mol. The second-order valence-electron chi connectivity index (χ2n) is 7.18. The summed E-state index contributed by atoms with van der Waals surface area (Å²) in [4.78, 5) is 20.3. The molecule has 146 valence electrons. The lowest BCUT2D eigenvalue weighted by Gasteiger charge is -2.23. The predicted molar refractivity (Wildman–Crippen MR) is 112 cm³/mol. The first-order chi connectivity index (χ1) is 14.1. The van der Waals surface area contributed by atoms with Crippen LogP contribution in [0.25, 0.3) is 27.5 Å². The molecule has 0 atom stereocenters. The maximum absolute atomic E-state index is 11.1. The maximum atomic E-state index is 11.1. The van der Waals surface area contributed by atoms with Crippen molar-refractivity contribution in [2.75, 3.05) is 18.4 Å². The summed E-state index contributed by atoms with van der Waals surface area (Å²) < 4.78 is 1.85. The van der Waals surface area contributed by atoms with Gasteiger partial charge in [0.1, 0.15) is 5.65 Å². The van der Waals surface area contributed by atoms with E-state index in [4.69, 9.17) is 5.11 Å². The summed E-state index contributed by atoms with van der Waals surface area (Å²) in [5, 5.41) is 19.0. The lowest BCUT2D eigenvalue weighted by Crippen LogP contribution is -2.33. The van der Waals surface area contributed by atoms with E-state index in [0.717, 1.165) is 44.6 Å². The van der Waals surface area contributed by atoms with Crippen molar-refractivity contribution in [2.24, 2.45) is 7.05 Å². The van der Waals surface area contributed by atoms with Crippen molar-refractivity contribution in [1.82, 2.24) is 24.6 Å². The molecule has 0 radical (unpaired) electrons. The molecule has 0 bridgehead atoms.